The third-order valence-electron chi connectivity index (χ3n) is 4.63. The van der Waals surface area contributed by atoms with E-state index >= 15 is 0 Å². The number of methoxy groups -OCH3 is 2. The molecule has 2 heterocycles. The van der Waals surface area contributed by atoms with Crippen molar-refractivity contribution in [2.75, 3.05) is 33.9 Å². The van der Waals surface area contributed by atoms with Gasteiger partial charge in [0.25, 0.3) is 5.91 Å². The summed E-state index contributed by atoms with van der Waals surface area (Å²) in [6, 6.07) is 4.17. The molecule has 1 aromatic carbocycles. The number of fused-ring (bicyclic) bond motifs is 1. The minimum absolute atomic E-state index is 0.188. The molecule has 2 aromatic rings. The molecular weight excluding hydrogens is 334 g/mol. The molecular formula is C18H25N5O3. The molecule has 0 unspecified atom stereocenters. The van der Waals surface area contributed by atoms with Crippen molar-refractivity contribution in [3.05, 3.63) is 35.2 Å². The average molecular weight is 359 g/mol. The number of hydrogen-bond donors (Lipinski definition) is 2. The van der Waals surface area contributed by atoms with Crippen LogP contribution in [0.5, 0.6) is 11.5 Å². The van der Waals surface area contributed by atoms with Gasteiger partial charge >= 0.3 is 0 Å². The number of aromatic nitrogens is 3. The maximum atomic E-state index is 11.8. The van der Waals surface area contributed by atoms with Crippen LogP contribution in [-0.2, 0) is 13.0 Å². The van der Waals surface area contributed by atoms with Gasteiger partial charge in [0.15, 0.2) is 17.2 Å². The van der Waals surface area contributed by atoms with Crippen LogP contribution in [0.15, 0.2) is 18.3 Å². The molecule has 0 spiro atoms. The number of benzene rings is 1. The summed E-state index contributed by atoms with van der Waals surface area (Å²) in [6.45, 7) is 3.60. The molecule has 0 fully saturated rings. The fraction of sp³-hybridized carbons (Fsp3) is 0.500. The number of amides is 1. The van der Waals surface area contributed by atoms with E-state index in [-0.39, 0.29) is 5.91 Å². The largest absolute Gasteiger partial charge is 0.493 e. The number of H-pyrrole nitrogens is 1. The van der Waals surface area contributed by atoms with E-state index in [1.807, 2.05) is 0 Å². The van der Waals surface area contributed by atoms with Gasteiger partial charge in [-0.3, -0.25) is 9.69 Å². The normalized spacial score (nSPS) is 13.9. The average Bonchev–Trinajstić information content (AvgIpc) is 3.21. The highest BCUT2D eigenvalue weighted by atomic mass is 16.5. The van der Waals surface area contributed by atoms with Crippen LogP contribution in [0, 0.1) is 0 Å². The van der Waals surface area contributed by atoms with Gasteiger partial charge in [0.2, 0.25) is 0 Å². The highest BCUT2D eigenvalue weighted by molar-refractivity contribution is 5.91. The number of unbranched alkanes of at least 4 members (excludes halogenated alkanes) is 1. The van der Waals surface area contributed by atoms with Gasteiger partial charge < -0.3 is 14.8 Å². The van der Waals surface area contributed by atoms with Gasteiger partial charge in [-0.25, -0.2) is 0 Å². The van der Waals surface area contributed by atoms with Gasteiger partial charge in [-0.15, -0.1) is 0 Å². The number of nitrogens with one attached hydrogen (secondary N) is 2. The van der Waals surface area contributed by atoms with Crippen LogP contribution in [0.25, 0.3) is 0 Å². The number of nitrogens with zero attached hydrogens (tertiary/aromatic N) is 3. The van der Waals surface area contributed by atoms with E-state index in [0.717, 1.165) is 50.4 Å². The molecule has 1 aliphatic heterocycles. The fourth-order valence-electron chi connectivity index (χ4n) is 3.20. The highest BCUT2D eigenvalue weighted by Crippen LogP contribution is 2.33. The fourth-order valence-corrected chi connectivity index (χ4v) is 3.20. The standard InChI is InChI=1S/C18H25N5O3/c1-25-16-9-13-5-8-23(12-14(13)10-17(16)26-2)7-4-3-6-19-18(24)15-11-20-22-21-15/h9-11H,3-8,12H2,1-2H3,(H,19,24)(H,20,21,22). The summed E-state index contributed by atoms with van der Waals surface area (Å²) in [5.74, 6) is 1.39. The maximum absolute atomic E-state index is 11.8. The predicted octanol–water partition coefficient (Wildman–Crippen LogP) is 1.39. The first-order valence-corrected chi connectivity index (χ1v) is 8.81. The Morgan fingerprint density at radius 1 is 1.23 bits per heavy atom. The molecule has 0 saturated carbocycles. The van der Waals surface area contributed by atoms with Gasteiger partial charge in [0.1, 0.15) is 0 Å². The second-order valence-electron chi connectivity index (χ2n) is 6.32. The Labute approximate surface area is 152 Å². The van der Waals surface area contributed by atoms with E-state index in [1.54, 1.807) is 14.2 Å². The van der Waals surface area contributed by atoms with Crippen molar-refractivity contribution in [3.8, 4) is 11.5 Å². The number of carbonyl (C=O) groups is 1. The Morgan fingerprint density at radius 3 is 2.69 bits per heavy atom. The number of ether oxygens (including phenoxy) is 2. The first kappa shape index (κ1) is 18.2. The molecule has 1 aliphatic rings. The van der Waals surface area contributed by atoms with Crippen molar-refractivity contribution in [1.82, 2.24) is 25.6 Å². The number of hydrogen-bond acceptors (Lipinski definition) is 6. The van der Waals surface area contributed by atoms with Crippen LogP contribution in [0.2, 0.25) is 0 Å². The van der Waals surface area contributed by atoms with Gasteiger partial charge in [-0.2, -0.15) is 15.4 Å². The molecule has 0 radical (unpaired) electrons. The zero-order valence-electron chi connectivity index (χ0n) is 15.2. The first-order chi connectivity index (χ1) is 12.7. The highest BCUT2D eigenvalue weighted by Gasteiger charge is 2.19. The second kappa shape index (κ2) is 8.66. The summed E-state index contributed by atoms with van der Waals surface area (Å²) in [4.78, 5) is 14.2. The Kier molecular flexibility index (Phi) is 6.06. The van der Waals surface area contributed by atoms with E-state index in [1.165, 1.54) is 17.3 Å². The van der Waals surface area contributed by atoms with E-state index in [2.05, 4.69) is 37.8 Å². The van der Waals surface area contributed by atoms with E-state index in [9.17, 15) is 4.79 Å². The molecule has 0 aliphatic carbocycles. The van der Waals surface area contributed by atoms with Crippen molar-refractivity contribution >= 4 is 5.91 Å². The summed E-state index contributed by atoms with van der Waals surface area (Å²) < 4.78 is 10.8. The number of rotatable bonds is 8. The molecule has 3 rings (SSSR count). The van der Waals surface area contributed by atoms with Crippen molar-refractivity contribution in [1.29, 1.82) is 0 Å². The molecule has 0 saturated heterocycles. The van der Waals surface area contributed by atoms with Gasteiger partial charge in [-0.05, 0) is 49.1 Å². The lowest BCUT2D eigenvalue weighted by Crippen LogP contribution is -2.32. The molecule has 0 atom stereocenters. The molecule has 1 aromatic heterocycles. The zero-order valence-corrected chi connectivity index (χ0v) is 15.2. The summed E-state index contributed by atoms with van der Waals surface area (Å²) in [6.07, 6.45) is 4.39. The smallest absolute Gasteiger partial charge is 0.273 e. The molecule has 140 valence electrons. The SMILES string of the molecule is COc1cc2c(cc1OC)CN(CCCCNC(=O)c1cn[nH]n1)CC2. The van der Waals surface area contributed by atoms with Crippen molar-refractivity contribution in [2.45, 2.75) is 25.8 Å². The Morgan fingerprint density at radius 2 is 2.00 bits per heavy atom. The Hall–Kier alpha value is -2.61. The number of aromatic amines is 1. The van der Waals surface area contributed by atoms with Crippen LogP contribution in [0.1, 0.15) is 34.5 Å². The summed E-state index contributed by atoms with van der Waals surface area (Å²) >= 11 is 0. The van der Waals surface area contributed by atoms with Crippen LogP contribution in [0.3, 0.4) is 0 Å². The maximum Gasteiger partial charge on any atom is 0.273 e. The van der Waals surface area contributed by atoms with Crippen LogP contribution in [-0.4, -0.2) is 60.1 Å². The Balaban J connectivity index is 1.42. The minimum atomic E-state index is -0.188. The lowest BCUT2D eigenvalue weighted by atomic mass is 9.98. The summed E-state index contributed by atoms with van der Waals surface area (Å²) in [5, 5.41) is 12.7. The van der Waals surface area contributed by atoms with E-state index in [4.69, 9.17) is 9.47 Å². The second-order valence-corrected chi connectivity index (χ2v) is 6.32. The zero-order chi connectivity index (χ0) is 18.4. The minimum Gasteiger partial charge on any atom is -0.493 e. The van der Waals surface area contributed by atoms with Crippen molar-refractivity contribution in [2.24, 2.45) is 0 Å². The van der Waals surface area contributed by atoms with Crippen molar-refractivity contribution < 1.29 is 14.3 Å². The first-order valence-electron chi connectivity index (χ1n) is 8.81. The van der Waals surface area contributed by atoms with Crippen LogP contribution < -0.4 is 14.8 Å². The molecule has 2 N–H and O–H groups in total. The lowest BCUT2D eigenvalue weighted by molar-refractivity contribution is 0.0947. The summed E-state index contributed by atoms with van der Waals surface area (Å²) in [5.41, 5.74) is 2.95. The third kappa shape index (κ3) is 4.32. The van der Waals surface area contributed by atoms with Gasteiger partial charge in [-0.1, -0.05) is 0 Å². The monoisotopic (exact) mass is 359 g/mol. The van der Waals surface area contributed by atoms with Crippen LogP contribution >= 0.6 is 0 Å². The quantitative estimate of drug-likeness (QED) is 0.692. The third-order valence-corrected chi connectivity index (χ3v) is 4.63. The molecule has 1 amide bonds. The van der Waals surface area contributed by atoms with Crippen molar-refractivity contribution in [3.63, 3.8) is 0 Å². The van der Waals surface area contributed by atoms with E-state index < -0.39 is 0 Å². The van der Waals surface area contributed by atoms with E-state index in [0.29, 0.717) is 12.2 Å². The van der Waals surface area contributed by atoms with Gasteiger partial charge in [0, 0.05) is 19.6 Å². The lowest BCUT2D eigenvalue weighted by Gasteiger charge is -2.29. The Bertz CT molecular complexity index is 733. The number of carbonyl (C=O) groups excluding carboxylic acids is 1. The topological polar surface area (TPSA) is 92.4 Å². The van der Waals surface area contributed by atoms with Crippen LogP contribution in [0.4, 0.5) is 0 Å². The predicted molar refractivity (Wildman–Crippen MR) is 96.5 cm³/mol. The summed E-state index contributed by atoms with van der Waals surface area (Å²) in [7, 11) is 3.33. The van der Waals surface area contributed by atoms with Gasteiger partial charge in [0.05, 0.1) is 20.4 Å². The molecule has 8 heteroatoms. The molecule has 26 heavy (non-hydrogen) atoms. The molecule has 8 nitrogen and oxygen atoms in total. The molecule has 0 bridgehead atoms.